The molecular formula is C11H11N7. The number of rotatable bonds is 2. The number of para-hydroxylation sites is 1. The summed E-state index contributed by atoms with van der Waals surface area (Å²) in [5.41, 5.74) is 7.25. The van der Waals surface area contributed by atoms with Gasteiger partial charge in [0, 0.05) is 6.20 Å². The molecule has 2 aromatic heterocycles. The molecule has 90 valence electrons. The minimum absolute atomic E-state index is 0.164. The third-order valence-electron chi connectivity index (χ3n) is 2.58. The van der Waals surface area contributed by atoms with Gasteiger partial charge >= 0.3 is 0 Å². The van der Waals surface area contributed by atoms with Gasteiger partial charge in [0.2, 0.25) is 5.95 Å². The van der Waals surface area contributed by atoms with Gasteiger partial charge in [0.1, 0.15) is 0 Å². The first-order valence-electron chi connectivity index (χ1n) is 5.32. The highest BCUT2D eigenvalue weighted by molar-refractivity contribution is 5.55. The van der Waals surface area contributed by atoms with Crippen LogP contribution in [0.25, 0.3) is 17.1 Å². The average molecular weight is 241 g/mol. The summed E-state index contributed by atoms with van der Waals surface area (Å²) in [7, 11) is 0. The van der Waals surface area contributed by atoms with Crippen LogP contribution in [0.2, 0.25) is 0 Å². The summed E-state index contributed by atoms with van der Waals surface area (Å²) in [6.45, 7) is 0. The Balaban J connectivity index is 2.02. The lowest BCUT2D eigenvalue weighted by Gasteiger charge is -1.99. The van der Waals surface area contributed by atoms with Crippen molar-refractivity contribution in [2.45, 2.75) is 0 Å². The standard InChI is InChI=1S/C11H11N7/c12-11-16-15-10(18(11)13)8-6-14-17(7-8)9-4-2-1-3-5-9/h1-7H,13H2,(H2,12,16). The molecule has 0 saturated carbocycles. The smallest absolute Gasteiger partial charge is 0.241 e. The monoisotopic (exact) mass is 241 g/mol. The third kappa shape index (κ3) is 1.58. The molecule has 0 amide bonds. The molecule has 1 aromatic carbocycles. The summed E-state index contributed by atoms with van der Waals surface area (Å²) in [6.07, 6.45) is 3.49. The van der Waals surface area contributed by atoms with E-state index in [4.69, 9.17) is 11.6 Å². The zero-order valence-corrected chi connectivity index (χ0v) is 9.43. The predicted molar refractivity (Wildman–Crippen MR) is 67.1 cm³/mol. The molecule has 2 heterocycles. The molecule has 4 N–H and O–H groups in total. The van der Waals surface area contributed by atoms with Crippen molar-refractivity contribution in [1.82, 2.24) is 24.7 Å². The highest BCUT2D eigenvalue weighted by atomic mass is 15.4. The van der Waals surface area contributed by atoms with Crippen LogP contribution in [0.3, 0.4) is 0 Å². The van der Waals surface area contributed by atoms with Gasteiger partial charge in [-0.2, -0.15) is 5.10 Å². The van der Waals surface area contributed by atoms with Crippen LogP contribution < -0.4 is 11.6 Å². The molecule has 0 saturated heterocycles. The van der Waals surface area contributed by atoms with Gasteiger partial charge in [0.05, 0.1) is 17.4 Å². The lowest BCUT2D eigenvalue weighted by Crippen LogP contribution is -2.13. The van der Waals surface area contributed by atoms with E-state index in [1.54, 1.807) is 10.9 Å². The lowest BCUT2D eigenvalue weighted by atomic mass is 10.3. The largest absolute Gasteiger partial charge is 0.366 e. The number of hydrogen-bond acceptors (Lipinski definition) is 5. The minimum Gasteiger partial charge on any atom is -0.366 e. The first kappa shape index (κ1) is 10.3. The molecule has 7 nitrogen and oxygen atoms in total. The number of aromatic nitrogens is 5. The molecule has 0 bridgehead atoms. The van der Waals surface area contributed by atoms with Gasteiger partial charge in [0.25, 0.3) is 0 Å². The van der Waals surface area contributed by atoms with Crippen molar-refractivity contribution in [2.75, 3.05) is 11.6 Å². The molecular weight excluding hydrogens is 230 g/mol. The van der Waals surface area contributed by atoms with Crippen LogP contribution in [0.4, 0.5) is 5.95 Å². The summed E-state index contributed by atoms with van der Waals surface area (Å²) in [5.74, 6) is 6.36. The summed E-state index contributed by atoms with van der Waals surface area (Å²) >= 11 is 0. The topological polar surface area (TPSA) is 101 Å². The number of nitrogens with two attached hydrogens (primary N) is 2. The highest BCUT2D eigenvalue weighted by Crippen LogP contribution is 2.17. The quantitative estimate of drug-likeness (QED) is 0.633. The fourth-order valence-electron chi connectivity index (χ4n) is 1.66. The maximum absolute atomic E-state index is 5.71. The number of nitrogen functional groups attached to an aromatic ring is 2. The SMILES string of the molecule is Nc1nnc(-c2cnn(-c3ccccc3)c2)n1N. The molecule has 0 unspecified atom stereocenters. The minimum atomic E-state index is 0.164. The van der Waals surface area contributed by atoms with Crippen molar-refractivity contribution in [3.63, 3.8) is 0 Å². The van der Waals surface area contributed by atoms with Crippen molar-refractivity contribution >= 4 is 5.95 Å². The van der Waals surface area contributed by atoms with Crippen molar-refractivity contribution in [2.24, 2.45) is 0 Å². The average Bonchev–Trinajstić information content (AvgIpc) is 3.00. The molecule has 3 aromatic rings. The van der Waals surface area contributed by atoms with E-state index in [1.165, 1.54) is 4.68 Å². The van der Waals surface area contributed by atoms with Crippen molar-refractivity contribution < 1.29 is 0 Å². The van der Waals surface area contributed by atoms with E-state index >= 15 is 0 Å². The summed E-state index contributed by atoms with van der Waals surface area (Å²) in [4.78, 5) is 0. The molecule has 0 fully saturated rings. The maximum atomic E-state index is 5.71. The van der Waals surface area contributed by atoms with Crippen LogP contribution in [-0.4, -0.2) is 24.7 Å². The Kier molecular flexibility index (Phi) is 2.23. The van der Waals surface area contributed by atoms with Gasteiger partial charge in [-0.25, -0.2) is 9.36 Å². The van der Waals surface area contributed by atoms with E-state index in [1.807, 2.05) is 36.5 Å². The van der Waals surface area contributed by atoms with Crippen LogP contribution in [0.1, 0.15) is 0 Å². The van der Waals surface area contributed by atoms with E-state index < -0.39 is 0 Å². The molecule has 0 aliphatic carbocycles. The number of benzene rings is 1. The first-order valence-corrected chi connectivity index (χ1v) is 5.32. The maximum Gasteiger partial charge on any atom is 0.241 e. The van der Waals surface area contributed by atoms with Crippen LogP contribution >= 0.6 is 0 Å². The number of anilines is 1. The van der Waals surface area contributed by atoms with Crippen LogP contribution in [-0.2, 0) is 0 Å². The normalized spacial score (nSPS) is 10.7. The molecule has 0 radical (unpaired) electrons. The molecule has 7 heteroatoms. The predicted octanol–water partition coefficient (Wildman–Crippen LogP) is 0.427. The van der Waals surface area contributed by atoms with Crippen LogP contribution in [0, 0.1) is 0 Å². The van der Waals surface area contributed by atoms with E-state index in [-0.39, 0.29) is 5.95 Å². The third-order valence-corrected chi connectivity index (χ3v) is 2.58. The molecule has 0 atom stereocenters. The summed E-state index contributed by atoms with van der Waals surface area (Å²) in [6, 6.07) is 9.75. The Labute approximate surface area is 103 Å². The van der Waals surface area contributed by atoms with Gasteiger partial charge in [-0.1, -0.05) is 18.2 Å². The molecule has 0 aliphatic heterocycles. The van der Waals surface area contributed by atoms with Crippen molar-refractivity contribution in [1.29, 1.82) is 0 Å². The van der Waals surface area contributed by atoms with Gasteiger partial charge in [-0.05, 0) is 12.1 Å². The zero-order valence-electron chi connectivity index (χ0n) is 9.43. The van der Waals surface area contributed by atoms with Gasteiger partial charge in [-0.3, -0.25) is 0 Å². The Bertz CT molecular complexity index is 668. The Hall–Kier alpha value is -2.83. The second-order valence-electron chi connectivity index (χ2n) is 3.76. The summed E-state index contributed by atoms with van der Waals surface area (Å²) in [5, 5.41) is 11.9. The van der Waals surface area contributed by atoms with E-state index in [0.717, 1.165) is 11.3 Å². The van der Waals surface area contributed by atoms with E-state index in [0.29, 0.717) is 5.82 Å². The first-order chi connectivity index (χ1) is 8.75. The molecule has 18 heavy (non-hydrogen) atoms. The van der Waals surface area contributed by atoms with Gasteiger partial charge in [-0.15, -0.1) is 10.2 Å². The second kappa shape index (κ2) is 3.88. The van der Waals surface area contributed by atoms with Crippen molar-refractivity contribution in [3.05, 3.63) is 42.7 Å². The van der Waals surface area contributed by atoms with Gasteiger partial charge < -0.3 is 11.6 Å². The molecule has 0 spiro atoms. The Morgan fingerprint density at radius 3 is 2.50 bits per heavy atom. The lowest BCUT2D eigenvalue weighted by molar-refractivity contribution is 0.880. The van der Waals surface area contributed by atoms with E-state index in [9.17, 15) is 0 Å². The van der Waals surface area contributed by atoms with Crippen LogP contribution in [0.15, 0.2) is 42.7 Å². The highest BCUT2D eigenvalue weighted by Gasteiger charge is 2.11. The van der Waals surface area contributed by atoms with Crippen molar-refractivity contribution in [3.8, 4) is 17.1 Å². The second-order valence-corrected chi connectivity index (χ2v) is 3.76. The van der Waals surface area contributed by atoms with Crippen LogP contribution in [0.5, 0.6) is 0 Å². The number of nitrogens with zero attached hydrogens (tertiary/aromatic N) is 5. The zero-order chi connectivity index (χ0) is 12.5. The fraction of sp³-hybridized carbons (Fsp3) is 0. The number of hydrogen-bond donors (Lipinski definition) is 2. The fourth-order valence-corrected chi connectivity index (χ4v) is 1.66. The van der Waals surface area contributed by atoms with Gasteiger partial charge in [0.15, 0.2) is 5.82 Å². The Morgan fingerprint density at radius 2 is 1.83 bits per heavy atom. The molecule has 0 aliphatic rings. The molecule has 3 rings (SSSR count). The van der Waals surface area contributed by atoms with E-state index in [2.05, 4.69) is 15.3 Å². The summed E-state index contributed by atoms with van der Waals surface area (Å²) < 4.78 is 2.96. The Morgan fingerprint density at radius 1 is 1.06 bits per heavy atom.